The van der Waals surface area contributed by atoms with Crippen molar-refractivity contribution in [2.75, 3.05) is 0 Å². The third kappa shape index (κ3) is 6.41. The van der Waals surface area contributed by atoms with Crippen molar-refractivity contribution >= 4 is 31.8 Å². The molecule has 0 bridgehead atoms. The summed E-state index contributed by atoms with van der Waals surface area (Å²) in [7, 11) is -4.06. The van der Waals surface area contributed by atoms with Gasteiger partial charge in [-0.1, -0.05) is 83.1 Å². The lowest BCUT2D eigenvalue weighted by Gasteiger charge is -2.48. The van der Waals surface area contributed by atoms with Crippen molar-refractivity contribution < 1.29 is 10.7 Å². The molecule has 0 saturated heterocycles. The fourth-order valence-electron chi connectivity index (χ4n) is 5.45. The minimum atomic E-state index is -2.25. The van der Waals surface area contributed by atoms with Crippen LogP contribution in [0.1, 0.15) is 96.9 Å². The highest BCUT2D eigenvalue weighted by atomic mass is 28.4. The molecule has 0 aliphatic carbocycles. The molecule has 0 N–H and O–H groups in total. The summed E-state index contributed by atoms with van der Waals surface area (Å²) in [6.07, 6.45) is 0.137. The average molecular weight is 433 g/mol. The van der Waals surface area contributed by atoms with Crippen LogP contribution < -0.4 is 0 Å². The smallest absolute Gasteiger partial charge is 0.498 e. The SMILES string of the molecule is CC(C)[O][Al]([O][Si](C(C)C)(C(C)C)C(C)C)[O][Si](C(C)C)(C(C)C)C(C)C. The Bertz CT molecular complexity index is 346. The maximum absolute atomic E-state index is 7.11. The van der Waals surface area contributed by atoms with Crippen molar-refractivity contribution in [2.24, 2.45) is 0 Å². The van der Waals surface area contributed by atoms with E-state index in [1.807, 2.05) is 0 Å². The van der Waals surface area contributed by atoms with Crippen LogP contribution in [-0.2, 0) is 10.7 Å². The first-order valence-electron chi connectivity index (χ1n) is 11.2. The van der Waals surface area contributed by atoms with Crippen LogP contribution in [0, 0.1) is 0 Å². The van der Waals surface area contributed by atoms with E-state index in [-0.39, 0.29) is 6.10 Å². The summed E-state index contributed by atoms with van der Waals surface area (Å²) in [5, 5.41) is 0. The molecule has 0 aliphatic heterocycles. The zero-order chi connectivity index (χ0) is 21.7. The van der Waals surface area contributed by atoms with Gasteiger partial charge < -0.3 is 10.7 Å². The van der Waals surface area contributed by atoms with Crippen LogP contribution in [0.4, 0.5) is 0 Å². The highest BCUT2D eigenvalue weighted by Gasteiger charge is 2.55. The molecule has 0 saturated carbocycles. The van der Waals surface area contributed by atoms with Gasteiger partial charge in [0.05, 0.1) is 0 Å². The van der Waals surface area contributed by atoms with Gasteiger partial charge in [-0.2, -0.15) is 0 Å². The standard InChI is InChI=1S/2C9H21OSi.C3H7O.Al/c2*1-7(2)11(10,8(3)4)9(5)6;1-3(2)4;/h2*7-9H,1-6H3;3H,1-2H3;/q3*-1;+3. The number of hydrogen-bond donors (Lipinski definition) is 0. The van der Waals surface area contributed by atoms with Crippen molar-refractivity contribution in [3.05, 3.63) is 0 Å². The van der Waals surface area contributed by atoms with Gasteiger partial charge in [0.25, 0.3) is 0 Å². The molecule has 0 fully saturated rings. The van der Waals surface area contributed by atoms with E-state index < -0.39 is 31.8 Å². The van der Waals surface area contributed by atoms with E-state index in [2.05, 4.69) is 96.9 Å². The first-order valence-corrected chi connectivity index (χ1v) is 16.9. The predicted octanol–water partition coefficient (Wildman–Crippen LogP) is 7.78. The summed E-state index contributed by atoms with van der Waals surface area (Å²) in [5.74, 6) is 0. The highest BCUT2D eigenvalue weighted by molar-refractivity contribution is 6.85. The molecule has 0 radical (unpaired) electrons. The lowest BCUT2D eigenvalue weighted by atomic mass is 10.5. The van der Waals surface area contributed by atoms with Crippen LogP contribution in [0.5, 0.6) is 0 Å². The Labute approximate surface area is 178 Å². The first-order chi connectivity index (χ1) is 12.2. The molecule has 0 aliphatic rings. The average Bonchev–Trinajstić information content (AvgIpc) is 2.46. The molecule has 3 nitrogen and oxygen atoms in total. The fourth-order valence-corrected chi connectivity index (χ4v) is 24.2. The molecule has 0 amide bonds. The zero-order valence-corrected chi connectivity index (χ0v) is 24.0. The van der Waals surface area contributed by atoms with Gasteiger partial charge in [-0.25, -0.2) is 0 Å². The van der Waals surface area contributed by atoms with E-state index in [0.717, 1.165) is 0 Å². The third-order valence-corrected chi connectivity index (χ3v) is 22.8. The maximum Gasteiger partial charge on any atom is 0.883 e. The minimum Gasteiger partial charge on any atom is -0.498 e. The second kappa shape index (κ2) is 11.3. The molecule has 0 aromatic carbocycles. The Hall–Kier alpha value is 0.846. The number of hydrogen-bond acceptors (Lipinski definition) is 3. The Morgan fingerprint density at radius 3 is 0.815 bits per heavy atom. The van der Waals surface area contributed by atoms with Gasteiger partial charge in [0, 0.05) is 6.10 Å². The van der Waals surface area contributed by atoms with Gasteiger partial charge in [-0.3, -0.25) is 0 Å². The van der Waals surface area contributed by atoms with Gasteiger partial charge in [0.15, 0.2) is 16.6 Å². The van der Waals surface area contributed by atoms with E-state index in [0.29, 0.717) is 33.2 Å². The largest absolute Gasteiger partial charge is 0.883 e. The Morgan fingerprint density at radius 1 is 0.444 bits per heavy atom. The maximum atomic E-state index is 7.11. The minimum absolute atomic E-state index is 0.137. The van der Waals surface area contributed by atoms with E-state index in [4.69, 9.17) is 10.7 Å². The van der Waals surface area contributed by atoms with Crippen LogP contribution >= 0.6 is 0 Å². The molecule has 0 aromatic heterocycles. The third-order valence-electron chi connectivity index (χ3n) is 6.40. The van der Waals surface area contributed by atoms with Crippen molar-refractivity contribution in [1.29, 1.82) is 0 Å². The van der Waals surface area contributed by atoms with E-state index in [1.54, 1.807) is 0 Å². The second-order valence-electron chi connectivity index (χ2n) is 10.3. The monoisotopic (exact) mass is 432 g/mol. The lowest BCUT2D eigenvalue weighted by Crippen LogP contribution is -2.58. The summed E-state index contributed by atoms with van der Waals surface area (Å²) < 4.78 is 20.6. The molecule has 0 heterocycles. The van der Waals surface area contributed by atoms with Crippen molar-refractivity contribution in [2.45, 2.75) is 136 Å². The first kappa shape index (κ1) is 27.8. The molecule has 6 heteroatoms. The molecule has 162 valence electrons. The summed E-state index contributed by atoms with van der Waals surface area (Å²) in [6, 6.07) is 0. The van der Waals surface area contributed by atoms with Crippen LogP contribution in [0.3, 0.4) is 0 Å². The van der Waals surface area contributed by atoms with Gasteiger partial charge in [-0.05, 0) is 47.1 Å². The quantitative estimate of drug-likeness (QED) is 0.295. The number of rotatable bonds is 12. The van der Waals surface area contributed by atoms with Crippen molar-refractivity contribution in [3.8, 4) is 0 Å². The molecule has 0 unspecified atom stereocenters. The van der Waals surface area contributed by atoms with Crippen molar-refractivity contribution in [3.63, 3.8) is 0 Å². The van der Waals surface area contributed by atoms with Gasteiger partial charge in [-0.15, -0.1) is 0 Å². The Morgan fingerprint density at radius 2 is 0.667 bits per heavy atom. The summed E-state index contributed by atoms with van der Waals surface area (Å²) in [6.45, 7) is 32.3. The molecule has 0 rings (SSSR count). The summed E-state index contributed by atoms with van der Waals surface area (Å²) >= 11 is -2.25. The topological polar surface area (TPSA) is 27.7 Å². The van der Waals surface area contributed by atoms with Gasteiger partial charge >= 0.3 is 15.1 Å². The van der Waals surface area contributed by atoms with Crippen molar-refractivity contribution in [1.82, 2.24) is 0 Å². The van der Waals surface area contributed by atoms with E-state index in [1.165, 1.54) is 0 Å². The van der Waals surface area contributed by atoms with Gasteiger partial charge in [0.1, 0.15) is 0 Å². The van der Waals surface area contributed by atoms with Crippen LogP contribution in [-0.4, -0.2) is 37.9 Å². The van der Waals surface area contributed by atoms with Crippen LogP contribution in [0.2, 0.25) is 33.2 Å². The summed E-state index contributed by atoms with van der Waals surface area (Å²) in [5.41, 5.74) is 3.25. The lowest BCUT2D eigenvalue weighted by molar-refractivity contribution is 0.142. The highest BCUT2D eigenvalue weighted by Crippen LogP contribution is 2.46. The van der Waals surface area contributed by atoms with E-state index >= 15 is 0 Å². The normalized spacial score (nSPS) is 14.1. The second-order valence-corrected chi connectivity index (χ2v) is 23.4. The Kier molecular flexibility index (Phi) is 11.6. The van der Waals surface area contributed by atoms with Gasteiger partial charge in [0.2, 0.25) is 0 Å². The van der Waals surface area contributed by atoms with Crippen LogP contribution in [0.15, 0.2) is 0 Å². The summed E-state index contributed by atoms with van der Waals surface area (Å²) in [4.78, 5) is 0. The Balaban J connectivity index is 6.11. The van der Waals surface area contributed by atoms with E-state index in [9.17, 15) is 0 Å². The molecule has 0 spiro atoms. The molecule has 27 heavy (non-hydrogen) atoms. The molecular weight excluding hydrogens is 383 g/mol. The zero-order valence-electron chi connectivity index (χ0n) is 20.8. The predicted molar refractivity (Wildman–Crippen MR) is 126 cm³/mol. The molecular formula is C21H49AlO3Si2. The van der Waals surface area contributed by atoms with Crippen LogP contribution in [0.25, 0.3) is 0 Å². The molecule has 0 atom stereocenters. The molecule has 0 aromatic rings. The fraction of sp³-hybridized carbons (Fsp3) is 1.00.